The van der Waals surface area contributed by atoms with E-state index in [2.05, 4.69) is 22.4 Å². The van der Waals surface area contributed by atoms with Gasteiger partial charge in [0.2, 0.25) is 11.7 Å². The summed E-state index contributed by atoms with van der Waals surface area (Å²) in [4.78, 5) is 4.32. The standard InChI is InChI=1S/C13H14FN3O2/c1-7-5-15-6-9(7)13-16-12(17-19-13)8-2-3-11(18)10(14)4-8/h2-4,7,9,15,18H,5-6H2,1H3. The monoisotopic (exact) mass is 263 g/mol. The maximum atomic E-state index is 13.3. The van der Waals surface area contributed by atoms with Gasteiger partial charge in [-0.25, -0.2) is 4.39 Å². The van der Waals surface area contributed by atoms with Crippen molar-refractivity contribution >= 4 is 0 Å². The number of nitrogens with one attached hydrogen (secondary N) is 1. The highest BCUT2D eigenvalue weighted by Gasteiger charge is 2.29. The zero-order valence-electron chi connectivity index (χ0n) is 10.4. The zero-order chi connectivity index (χ0) is 13.4. The summed E-state index contributed by atoms with van der Waals surface area (Å²) in [6.07, 6.45) is 0. The summed E-state index contributed by atoms with van der Waals surface area (Å²) in [6, 6.07) is 4.03. The first-order valence-electron chi connectivity index (χ1n) is 6.18. The molecular formula is C13H14FN3O2. The molecule has 3 rings (SSSR count). The second-order valence-corrected chi connectivity index (χ2v) is 4.86. The van der Waals surface area contributed by atoms with Gasteiger partial charge in [0.25, 0.3) is 0 Å². The van der Waals surface area contributed by atoms with E-state index in [9.17, 15) is 4.39 Å². The first kappa shape index (κ1) is 12.1. The van der Waals surface area contributed by atoms with E-state index in [1.54, 1.807) is 6.07 Å². The summed E-state index contributed by atoms with van der Waals surface area (Å²) >= 11 is 0. The van der Waals surface area contributed by atoms with E-state index in [4.69, 9.17) is 9.63 Å². The van der Waals surface area contributed by atoms with Crippen molar-refractivity contribution in [3.63, 3.8) is 0 Å². The molecule has 0 bridgehead atoms. The van der Waals surface area contributed by atoms with Crippen molar-refractivity contribution in [3.8, 4) is 17.1 Å². The van der Waals surface area contributed by atoms with Crippen molar-refractivity contribution in [3.05, 3.63) is 29.9 Å². The van der Waals surface area contributed by atoms with Crippen LogP contribution in [-0.2, 0) is 0 Å². The molecule has 1 fully saturated rings. The minimum Gasteiger partial charge on any atom is -0.505 e. The molecule has 19 heavy (non-hydrogen) atoms. The summed E-state index contributed by atoms with van der Waals surface area (Å²) in [7, 11) is 0. The Morgan fingerprint density at radius 2 is 2.26 bits per heavy atom. The van der Waals surface area contributed by atoms with Crippen LogP contribution in [-0.4, -0.2) is 28.3 Å². The van der Waals surface area contributed by atoms with Gasteiger partial charge in [0.05, 0.1) is 5.92 Å². The Hall–Kier alpha value is -1.95. The van der Waals surface area contributed by atoms with E-state index in [-0.39, 0.29) is 11.7 Å². The number of halogens is 1. The Bertz CT molecular complexity index is 599. The molecule has 0 saturated carbocycles. The van der Waals surface area contributed by atoms with Gasteiger partial charge in [0.15, 0.2) is 11.6 Å². The SMILES string of the molecule is CC1CNCC1c1nc(-c2ccc(O)c(F)c2)no1. The summed E-state index contributed by atoms with van der Waals surface area (Å²) in [6.45, 7) is 3.86. The predicted octanol–water partition coefficient (Wildman–Crippen LogP) is 1.90. The van der Waals surface area contributed by atoms with Crippen LogP contribution in [0, 0.1) is 11.7 Å². The number of nitrogens with zero attached hydrogens (tertiary/aromatic N) is 2. The van der Waals surface area contributed by atoms with Gasteiger partial charge in [-0.05, 0) is 30.7 Å². The summed E-state index contributed by atoms with van der Waals surface area (Å²) in [5, 5.41) is 16.3. The van der Waals surface area contributed by atoms with Gasteiger partial charge in [-0.1, -0.05) is 12.1 Å². The molecule has 0 spiro atoms. The number of hydrogen-bond donors (Lipinski definition) is 2. The molecule has 2 N–H and O–H groups in total. The van der Waals surface area contributed by atoms with Crippen LogP contribution in [0.15, 0.2) is 22.7 Å². The second-order valence-electron chi connectivity index (χ2n) is 4.86. The van der Waals surface area contributed by atoms with Gasteiger partial charge >= 0.3 is 0 Å². The molecule has 100 valence electrons. The lowest BCUT2D eigenvalue weighted by Gasteiger charge is -2.07. The van der Waals surface area contributed by atoms with E-state index in [1.807, 2.05) is 0 Å². The molecule has 0 amide bonds. The second kappa shape index (κ2) is 4.62. The number of aromatic nitrogens is 2. The first-order chi connectivity index (χ1) is 9.15. The Labute approximate surface area is 109 Å². The van der Waals surface area contributed by atoms with Crippen LogP contribution in [0.2, 0.25) is 0 Å². The summed E-state index contributed by atoms with van der Waals surface area (Å²) in [5.74, 6) is 0.461. The topological polar surface area (TPSA) is 71.2 Å². The Balaban J connectivity index is 1.90. The van der Waals surface area contributed by atoms with Gasteiger partial charge in [-0.3, -0.25) is 0 Å². The lowest BCUT2D eigenvalue weighted by molar-refractivity contribution is 0.340. The van der Waals surface area contributed by atoms with Crippen LogP contribution in [0.5, 0.6) is 5.75 Å². The number of hydrogen-bond acceptors (Lipinski definition) is 5. The molecule has 1 aliphatic rings. The Kier molecular flexibility index (Phi) is 2.94. The molecule has 0 radical (unpaired) electrons. The largest absolute Gasteiger partial charge is 0.505 e. The Morgan fingerprint density at radius 1 is 1.42 bits per heavy atom. The van der Waals surface area contributed by atoms with E-state index < -0.39 is 5.82 Å². The number of phenolic OH excluding ortho intramolecular Hbond substituents is 1. The van der Waals surface area contributed by atoms with E-state index in [0.717, 1.165) is 13.1 Å². The average molecular weight is 263 g/mol. The highest BCUT2D eigenvalue weighted by molar-refractivity contribution is 5.55. The van der Waals surface area contributed by atoms with Crippen molar-refractivity contribution in [1.82, 2.24) is 15.5 Å². The maximum absolute atomic E-state index is 13.3. The number of phenols is 1. The van der Waals surface area contributed by atoms with E-state index in [1.165, 1.54) is 12.1 Å². The maximum Gasteiger partial charge on any atom is 0.231 e. The smallest absolute Gasteiger partial charge is 0.231 e. The third kappa shape index (κ3) is 2.19. The Morgan fingerprint density at radius 3 is 2.95 bits per heavy atom. The fourth-order valence-corrected chi connectivity index (χ4v) is 2.29. The zero-order valence-corrected chi connectivity index (χ0v) is 10.4. The third-order valence-electron chi connectivity index (χ3n) is 3.48. The van der Waals surface area contributed by atoms with Gasteiger partial charge < -0.3 is 14.9 Å². The molecule has 1 aliphatic heterocycles. The van der Waals surface area contributed by atoms with Crippen LogP contribution in [0.1, 0.15) is 18.7 Å². The molecule has 0 aliphatic carbocycles. The highest BCUT2D eigenvalue weighted by atomic mass is 19.1. The minimum absolute atomic E-state index is 0.197. The lowest BCUT2D eigenvalue weighted by atomic mass is 9.98. The molecule has 5 nitrogen and oxygen atoms in total. The van der Waals surface area contributed by atoms with Gasteiger partial charge in [0.1, 0.15) is 0 Å². The van der Waals surface area contributed by atoms with Gasteiger partial charge in [0, 0.05) is 12.1 Å². The predicted molar refractivity (Wildman–Crippen MR) is 66.1 cm³/mol. The number of rotatable bonds is 2. The third-order valence-corrected chi connectivity index (χ3v) is 3.48. The molecule has 1 saturated heterocycles. The van der Waals surface area contributed by atoms with Crippen LogP contribution in [0.4, 0.5) is 4.39 Å². The van der Waals surface area contributed by atoms with Crippen LogP contribution < -0.4 is 5.32 Å². The van der Waals surface area contributed by atoms with Crippen molar-refractivity contribution in [2.24, 2.45) is 5.92 Å². The minimum atomic E-state index is -0.695. The van der Waals surface area contributed by atoms with E-state index in [0.29, 0.717) is 23.2 Å². The molecule has 2 atom stereocenters. The molecule has 1 aromatic carbocycles. The number of aromatic hydroxyl groups is 1. The quantitative estimate of drug-likeness (QED) is 0.866. The first-order valence-corrected chi connectivity index (χ1v) is 6.18. The van der Waals surface area contributed by atoms with E-state index >= 15 is 0 Å². The fourth-order valence-electron chi connectivity index (χ4n) is 2.29. The normalized spacial score (nSPS) is 22.8. The van der Waals surface area contributed by atoms with Gasteiger partial charge in [-0.2, -0.15) is 4.98 Å². The van der Waals surface area contributed by atoms with Crippen LogP contribution in [0.3, 0.4) is 0 Å². The molecule has 2 unspecified atom stereocenters. The van der Waals surface area contributed by atoms with Crippen molar-refractivity contribution in [2.45, 2.75) is 12.8 Å². The summed E-state index contributed by atoms with van der Waals surface area (Å²) < 4.78 is 18.5. The fraction of sp³-hybridized carbons (Fsp3) is 0.385. The molecule has 2 heterocycles. The highest BCUT2D eigenvalue weighted by Crippen LogP contribution is 2.29. The summed E-state index contributed by atoms with van der Waals surface area (Å²) in [5.41, 5.74) is 0.490. The lowest BCUT2D eigenvalue weighted by Crippen LogP contribution is -2.08. The van der Waals surface area contributed by atoms with Crippen LogP contribution >= 0.6 is 0 Å². The van der Waals surface area contributed by atoms with Crippen molar-refractivity contribution in [1.29, 1.82) is 0 Å². The average Bonchev–Trinajstić information content (AvgIpc) is 3.01. The molecule has 6 heteroatoms. The number of benzene rings is 1. The molecular weight excluding hydrogens is 249 g/mol. The van der Waals surface area contributed by atoms with Crippen LogP contribution in [0.25, 0.3) is 11.4 Å². The van der Waals surface area contributed by atoms with Crippen molar-refractivity contribution in [2.75, 3.05) is 13.1 Å². The molecule has 2 aromatic rings. The van der Waals surface area contributed by atoms with Gasteiger partial charge in [-0.15, -0.1) is 0 Å². The molecule has 1 aromatic heterocycles. The van der Waals surface area contributed by atoms with Crippen molar-refractivity contribution < 1.29 is 14.0 Å².